The Morgan fingerprint density at radius 1 is 1.26 bits per heavy atom. The van der Waals surface area contributed by atoms with Crippen molar-refractivity contribution in [3.05, 3.63) is 35.2 Å². The maximum atomic E-state index is 12.5. The molecule has 0 aliphatic carbocycles. The summed E-state index contributed by atoms with van der Waals surface area (Å²) in [5, 5.41) is 11.9. The zero-order chi connectivity index (χ0) is 18.8. The average molecular weight is 383 g/mol. The Kier molecular flexibility index (Phi) is 5.20. The number of nitrogens with zero attached hydrogens (tertiary/aromatic N) is 5. The van der Waals surface area contributed by atoms with Gasteiger partial charge in [0, 0.05) is 36.1 Å². The second kappa shape index (κ2) is 7.75. The van der Waals surface area contributed by atoms with Crippen molar-refractivity contribution in [1.29, 1.82) is 0 Å². The number of carbonyl (C=O) groups excluding carboxylic acids is 1. The number of aromatic nitrogens is 4. The van der Waals surface area contributed by atoms with Crippen LogP contribution >= 0.6 is 11.3 Å². The highest BCUT2D eigenvalue weighted by molar-refractivity contribution is 7.14. The van der Waals surface area contributed by atoms with E-state index in [9.17, 15) is 4.79 Å². The van der Waals surface area contributed by atoms with Gasteiger partial charge in [-0.25, -0.2) is 0 Å². The predicted octanol–water partition coefficient (Wildman–Crippen LogP) is 2.29. The average Bonchev–Trinajstić information content (AvgIpc) is 3.09. The molecule has 0 N–H and O–H groups in total. The van der Waals surface area contributed by atoms with Gasteiger partial charge >= 0.3 is 0 Å². The van der Waals surface area contributed by atoms with E-state index in [1.807, 2.05) is 19.1 Å². The van der Waals surface area contributed by atoms with E-state index in [-0.39, 0.29) is 11.8 Å². The molecule has 1 fully saturated rings. The molecule has 0 radical (unpaired) electrons. The number of aryl methyl sites for hydroxylation is 1. The van der Waals surface area contributed by atoms with E-state index in [1.54, 1.807) is 12.4 Å². The summed E-state index contributed by atoms with van der Waals surface area (Å²) >= 11 is 1.51. The molecular formula is C19H21N5O2S. The lowest BCUT2D eigenvalue weighted by Gasteiger charge is -2.32. The molecule has 1 saturated heterocycles. The first-order valence-electron chi connectivity index (χ1n) is 8.97. The molecule has 0 amide bonds. The molecule has 7 nitrogen and oxygen atoms in total. The van der Waals surface area contributed by atoms with Crippen LogP contribution in [0.1, 0.15) is 17.6 Å². The first-order chi connectivity index (χ1) is 13.1. The topological polar surface area (TPSA) is 81.1 Å². The summed E-state index contributed by atoms with van der Waals surface area (Å²) in [5.74, 6) is 0.171. The summed E-state index contributed by atoms with van der Waals surface area (Å²) in [4.78, 5) is 23.6. The lowest BCUT2D eigenvalue weighted by atomic mass is 10.1. The monoisotopic (exact) mass is 383 g/mol. The van der Waals surface area contributed by atoms with Gasteiger partial charge in [-0.05, 0) is 31.4 Å². The molecule has 27 heavy (non-hydrogen) atoms. The Morgan fingerprint density at radius 2 is 2.11 bits per heavy atom. The number of fused-ring (bicyclic) bond motifs is 1. The minimum atomic E-state index is 0.171. The molecule has 4 rings (SSSR count). The summed E-state index contributed by atoms with van der Waals surface area (Å²) < 4.78 is 5.43. The van der Waals surface area contributed by atoms with E-state index in [4.69, 9.17) is 4.74 Å². The van der Waals surface area contributed by atoms with Crippen molar-refractivity contribution in [3.8, 4) is 10.7 Å². The molecule has 1 aliphatic rings. The van der Waals surface area contributed by atoms with Crippen LogP contribution in [0.15, 0.2) is 24.5 Å². The molecule has 0 spiro atoms. The van der Waals surface area contributed by atoms with Crippen LogP contribution in [-0.4, -0.2) is 63.2 Å². The highest BCUT2D eigenvalue weighted by atomic mass is 32.1. The normalized spacial score (nSPS) is 18.1. The van der Waals surface area contributed by atoms with Gasteiger partial charge in [-0.3, -0.25) is 19.7 Å². The third-order valence-corrected chi connectivity index (χ3v) is 5.53. The Balaban J connectivity index is 1.51. The quantitative estimate of drug-likeness (QED) is 0.668. The van der Waals surface area contributed by atoms with Gasteiger partial charge in [0.15, 0.2) is 10.8 Å². The number of ether oxygens (including phenoxy) is 1. The third kappa shape index (κ3) is 4.18. The van der Waals surface area contributed by atoms with Gasteiger partial charge < -0.3 is 4.74 Å². The van der Waals surface area contributed by atoms with Crippen molar-refractivity contribution in [3.63, 3.8) is 0 Å². The summed E-state index contributed by atoms with van der Waals surface area (Å²) in [6.45, 7) is 6.62. The standard InChI is InChI=1S/C19H21N5O2S/c1-12-11-26-4-3-24(12)10-17(25)7-16-5-14-6-18(19-23-22-13(2)27-19)21-9-15(14)8-20-16/h5-6,8-9,12H,3-4,7,10-11H2,1-2H3/t12-/m1/s1. The highest BCUT2D eigenvalue weighted by Gasteiger charge is 2.21. The van der Waals surface area contributed by atoms with Crippen LogP contribution in [0.5, 0.6) is 0 Å². The van der Waals surface area contributed by atoms with Gasteiger partial charge in [0.05, 0.1) is 26.2 Å². The first-order valence-corrected chi connectivity index (χ1v) is 9.79. The molecule has 4 heterocycles. The number of carbonyl (C=O) groups is 1. The van der Waals surface area contributed by atoms with E-state index < -0.39 is 0 Å². The Labute approximate surface area is 161 Å². The fourth-order valence-electron chi connectivity index (χ4n) is 3.18. The molecule has 0 bridgehead atoms. The number of ketones is 1. The van der Waals surface area contributed by atoms with Crippen LogP contribution in [0, 0.1) is 6.92 Å². The molecule has 0 saturated carbocycles. The van der Waals surface area contributed by atoms with Gasteiger partial charge in [-0.1, -0.05) is 11.3 Å². The van der Waals surface area contributed by atoms with Gasteiger partial charge in [-0.15, -0.1) is 10.2 Å². The molecule has 0 aromatic carbocycles. The van der Waals surface area contributed by atoms with E-state index in [0.717, 1.165) is 38.7 Å². The van der Waals surface area contributed by atoms with Crippen LogP contribution in [-0.2, 0) is 16.0 Å². The Hall–Kier alpha value is -2.29. The second-order valence-corrected chi connectivity index (χ2v) is 8.01. The summed E-state index contributed by atoms with van der Waals surface area (Å²) in [6.07, 6.45) is 3.89. The molecule has 1 aliphatic heterocycles. The van der Waals surface area contributed by atoms with E-state index in [1.165, 1.54) is 11.3 Å². The first kappa shape index (κ1) is 18.1. The van der Waals surface area contributed by atoms with E-state index >= 15 is 0 Å². The lowest BCUT2D eigenvalue weighted by Crippen LogP contribution is -2.46. The smallest absolute Gasteiger partial charge is 0.166 e. The molecular weight excluding hydrogens is 362 g/mol. The van der Waals surface area contributed by atoms with Gasteiger partial charge in [0.2, 0.25) is 0 Å². The van der Waals surface area contributed by atoms with Crippen molar-refractivity contribution in [2.45, 2.75) is 26.3 Å². The van der Waals surface area contributed by atoms with Crippen LogP contribution in [0.3, 0.4) is 0 Å². The molecule has 3 aromatic heterocycles. The van der Waals surface area contributed by atoms with Crippen molar-refractivity contribution in [1.82, 2.24) is 25.1 Å². The number of Topliss-reactive ketones (excluding diaryl/α,β-unsaturated/α-hetero) is 1. The van der Waals surface area contributed by atoms with Crippen molar-refractivity contribution in [2.75, 3.05) is 26.3 Å². The van der Waals surface area contributed by atoms with E-state index in [0.29, 0.717) is 26.2 Å². The maximum Gasteiger partial charge on any atom is 0.166 e. The summed E-state index contributed by atoms with van der Waals surface area (Å²) in [6, 6.07) is 4.22. The van der Waals surface area contributed by atoms with Crippen molar-refractivity contribution in [2.24, 2.45) is 0 Å². The molecule has 3 aromatic rings. The number of morpholine rings is 1. The number of pyridine rings is 2. The summed E-state index contributed by atoms with van der Waals surface area (Å²) in [5.41, 5.74) is 1.57. The molecule has 0 unspecified atom stereocenters. The van der Waals surface area contributed by atoms with Crippen LogP contribution in [0.4, 0.5) is 0 Å². The van der Waals surface area contributed by atoms with Gasteiger partial charge in [0.25, 0.3) is 0 Å². The molecule has 8 heteroatoms. The fourth-order valence-corrected chi connectivity index (χ4v) is 3.84. The van der Waals surface area contributed by atoms with Gasteiger partial charge in [0.1, 0.15) is 10.7 Å². The minimum Gasteiger partial charge on any atom is -0.379 e. The number of rotatable bonds is 5. The van der Waals surface area contributed by atoms with Crippen LogP contribution in [0.25, 0.3) is 21.5 Å². The van der Waals surface area contributed by atoms with Gasteiger partial charge in [-0.2, -0.15) is 0 Å². The maximum absolute atomic E-state index is 12.5. The third-order valence-electron chi connectivity index (χ3n) is 4.67. The SMILES string of the molecule is Cc1nnc(-c2cc3cc(CC(=O)CN4CCOC[C@H]4C)ncc3cn2)s1. The Morgan fingerprint density at radius 3 is 2.89 bits per heavy atom. The molecule has 1 atom stereocenters. The van der Waals surface area contributed by atoms with Crippen LogP contribution < -0.4 is 0 Å². The zero-order valence-electron chi connectivity index (χ0n) is 15.4. The largest absolute Gasteiger partial charge is 0.379 e. The van der Waals surface area contributed by atoms with Crippen LogP contribution in [0.2, 0.25) is 0 Å². The number of hydrogen-bond donors (Lipinski definition) is 0. The minimum absolute atomic E-state index is 0.171. The zero-order valence-corrected chi connectivity index (χ0v) is 16.2. The predicted molar refractivity (Wildman–Crippen MR) is 104 cm³/mol. The second-order valence-electron chi connectivity index (χ2n) is 6.83. The van der Waals surface area contributed by atoms with Crippen molar-refractivity contribution >= 4 is 27.9 Å². The fraction of sp³-hybridized carbons (Fsp3) is 0.421. The number of hydrogen-bond acceptors (Lipinski definition) is 8. The Bertz CT molecular complexity index is 974. The lowest BCUT2D eigenvalue weighted by molar-refractivity contribution is -0.121. The summed E-state index contributed by atoms with van der Waals surface area (Å²) in [7, 11) is 0. The van der Waals surface area contributed by atoms with Crippen molar-refractivity contribution < 1.29 is 9.53 Å². The molecule has 140 valence electrons. The van der Waals surface area contributed by atoms with E-state index in [2.05, 4.69) is 32.0 Å². The highest BCUT2D eigenvalue weighted by Crippen LogP contribution is 2.24.